The standard InChI is InChI=1S/C41H34ClF6N7O3/c1-5-21-18-41(47,48)36-31(21)34(37(45)46)52-55(36)19-30(56)50-29(16-20-14-23(43)17-24(44)15-20)33-26(9-8-25(49-33)12-13-40(2,3)58)27-10-11-28(42)32-35(27)54(4)53-38(32)51-39(57)22-6-7-22/h1,8-11,14-15,17,21-22,29,37,58H,6-7,16,18-19H2,2-4H3,(H,50,56)(H,51,53,57)/t21-,29-/m0/s1. The molecular formula is C41H34ClF6N7O3. The molecule has 7 rings (SSSR count). The summed E-state index contributed by atoms with van der Waals surface area (Å²) in [6.45, 7) is 1.93. The third-order valence-corrected chi connectivity index (χ3v) is 10.1. The normalized spacial score (nSPS) is 16.4. The number of halogens is 7. The lowest BCUT2D eigenvalue weighted by Gasteiger charge is -2.23. The van der Waals surface area contributed by atoms with Crippen molar-refractivity contribution in [1.29, 1.82) is 0 Å². The summed E-state index contributed by atoms with van der Waals surface area (Å²) in [5.41, 5.74) is -2.44. The van der Waals surface area contributed by atoms with Gasteiger partial charge in [0.05, 0.1) is 33.6 Å². The predicted octanol–water partition coefficient (Wildman–Crippen LogP) is 7.48. The fourth-order valence-corrected chi connectivity index (χ4v) is 7.40. The highest BCUT2D eigenvalue weighted by Gasteiger charge is 2.51. The number of pyridine rings is 1. The lowest BCUT2D eigenvalue weighted by molar-refractivity contribution is -0.123. The monoisotopic (exact) mass is 821 g/mol. The summed E-state index contributed by atoms with van der Waals surface area (Å²) in [5, 5.41) is 24.7. The molecule has 0 unspecified atom stereocenters. The SMILES string of the molecule is C#C[C@H]1CC(F)(F)c2c1c(C(F)F)nn2CC(=O)N[C@@H](Cc1cc(F)cc(F)c1)c1nc(C#CC(C)(C)O)ccc1-c1ccc(Cl)c2c(NC(=O)C3CC3)nn(C)c12. The molecule has 2 aromatic carbocycles. The van der Waals surface area contributed by atoms with Crippen LogP contribution in [0.5, 0.6) is 0 Å². The van der Waals surface area contributed by atoms with Crippen LogP contribution in [0.15, 0.2) is 42.5 Å². The Labute approximate surface area is 333 Å². The second-order valence-corrected chi connectivity index (χ2v) is 15.2. The maximum atomic E-state index is 15.3. The maximum Gasteiger partial charge on any atom is 0.291 e. The van der Waals surface area contributed by atoms with Gasteiger partial charge < -0.3 is 15.7 Å². The van der Waals surface area contributed by atoms with Gasteiger partial charge in [-0.1, -0.05) is 29.5 Å². The number of nitrogens with zero attached hydrogens (tertiary/aromatic N) is 5. The number of carbonyl (C=O) groups is 2. The molecule has 0 saturated heterocycles. The van der Waals surface area contributed by atoms with Crippen molar-refractivity contribution in [3.63, 3.8) is 0 Å². The van der Waals surface area contributed by atoms with Crippen LogP contribution >= 0.6 is 11.6 Å². The zero-order chi connectivity index (χ0) is 41.8. The topological polar surface area (TPSA) is 127 Å². The van der Waals surface area contributed by atoms with Gasteiger partial charge in [-0.3, -0.25) is 19.0 Å². The van der Waals surface area contributed by atoms with Gasteiger partial charge in [-0.2, -0.15) is 19.0 Å². The summed E-state index contributed by atoms with van der Waals surface area (Å²) >= 11 is 6.70. The van der Waals surface area contributed by atoms with Crippen molar-refractivity contribution in [1.82, 2.24) is 29.9 Å². The van der Waals surface area contributed by atoms with Gasteiger partial charge in [0.25, 0.3) is 12.3 Å². The van der Waals surface area contributed by atoms with Crippen LogP contribution in [0.3, 0.4) is 0 Å². The Morgan fingerprint density at radius 2 is 1.76 bits per heavy atom. The van der Waals surface area contributed by atoms with Crippen LogP contribution in [0.2, 0.25) is 5.02 Å². The second-order valence-electron chi connectivity index (χ2n) is 14.8. The molecule has 0 spiro atoms. The van der Waals surface area contributed by atoms with E-state index in [1.807, 2.05) is 0 Å². The molecule has 2 amide bonds. The van der Waals surface area contributed by atoms with E-state index in [0.717, 1.165) is 25.0 Å². The molecule has 0 radical (unpaired) electrons. The zero-order valence-corrected chi connectivity index (χ0v) is 31.9. The molecule has 3 N–H and O–H groups in total. The van der Waals surface area contributed by atoms with E-state index in [0.29, 0.717) is 32.8 Å². The average Bonchev–Trinajstić information content (AvgIpc) is 3.76. The van der Waals surface area contributed by atoms with E-state index >= 15 is 8.78 Å². The molecule has 0 bridgehead atoms. The number of carbonyl (C=O) groups excluding carboxylic acids is 2. The summed E-state index contributed by atoms with van der Waals surface area (Å²) in [4.78, 5) is 31.5. The molecule has 2 atom stereocenters. The molecule has 3 aromatic heterocycles. The number of benzene rings is 2. The number of alkyl halides is 4. The van der Waals surface area contributed by atoms with Gasteiger partial charge in [0, 0.05) is 42.1 Å². The largest absolute Gasteiger partial charge is 0.378 e. The molecule has 3 heterocycles. The molecule has 5 aromatic rings. The van der Waals surface area contributed by atoms with Crippen LogP contribution in [-0.2, 0) is 35.5 Å². The van der Waals surface area contributed by atoms with E-state index in [1.165, 1.54) is 24.6 Å². The summed E-state index contributed by atoms with van der Waals surface area (Å²) in [5.74, 6) is -0.531. The van der Waals surface area contributed by atoms with Gasteiger partial charge in [0.15, 0.2) is 5.82 Å². The average molecular weight is 822 g/mol. The minimum atomic E-state index is -3.69. The van der Waals surface area contributed by atoms with E-state index in [4.69, 9.17) is 23.0 Å². The molecule has 58 heavy (non-hydrogen) atoms. The molecule has 0 aliphatic heterocycles. The Morgan fingerprint density at radius 1 is 1.07 bits per heavy atom. The van der Waals surface area contributed by atoms with E-state index in [2.05, 4.69) is 38.6 Å². The first kappa shape index (κ1) is 40.4. The first-order valence-electron chi connectivity index (χ1n) is 18.0. The lowest BCUT2D eigenvalue weighted by Crippen LogP contribution is -2.35. The van der Waals surface area contributed by atoms with Crippen molar-refractivity contribution in [2.24, 2.45) is 13.0 Å². The van der Waals surface area contributed by atoms with Gasteiger partial charge in [0.1, 0.15) is 40.9 Å². The fourth-order valence-electron chi connectivity index (χ4n) is 7.16. The van der Waals surface area contributed by atoms with Crippen molar-refractivity contribution in [3.05, 3.63) is 93.0 Å². The highest BCUT2D eigenvalue weighted by atomic mass is 35.5. The number of nitrogens with one attached hydrogen (secondary N) is 2. The van der Waals surface area contributed by atoms with E-state index < -0.39 is 77.4 Å². The van der Waals surface area contributed by atoms with E-state index in [1.54, 1.807) is 25.2 Å². The van der Waals surface area contributed by atoms with Gasteiger partial charge >= 0.3 is 0 Å². The Hall–Kier alpha value is -5.84. The molecule has 10 nitrogen and oxygen atoms in total. The van der Waals surface area contributed by atoms with Crippen molar-refractivity contribution >= 4 is 40.1 Å². The van der Waals surface area contributed by atoms with E-state index in [-0.39, 0.29) is 46.0 Å². The van der Waals surface area contributed by atoms with Crippen molar-refractivity contribution in [2.75, 3.05) is 5.32 Å². The smallest absolute Gasteiger partial charge is 0.291 e. The summed E-state index contributed by atoms with van der Waals surface area (Å²) < 4.78 is 90.0. The van der Waals surface area contributed by atoms with Gasteiger partial charge in [-0.25, -0.2) is 22.5 Å². The highest BCUT2D eigenvalue weighted by Crippen LogP contribution is 2.51. The minimum absolute atomic E-state index is 0.0544. The third-order valence-electron chi connectivity index (χ3n) is 9.74. The van der Waals surface area contributed by atoms with Crippen molar-refractivity contribution in [2.45, 2.75) is 76.0 Å². The van der Waals surface area contributed by atoms with Crippen LogP contribution < -0.4 is 10.6 Å². The number of aliphatic hydroxyl groups is 1. The number of anilines is 1. The highest BCUT2D eigenvalue weighted by molar-refractivity contribution is 6.37. The molecule has 1 saturated carbocycles. The number of fused-ring (bicyclic) bond motifs is 2. The summed E-state index contributed by atoms with van der Waals surface area (Å²) in [6, 6.07) is 7.77. The van der Waals surface area contributed by atoms with Crippen LogP contribution in [0.4, 0.5) is 32.2 Å². The number of hydrogen-bond acceptors (Lipinski definition) is 6. The van der Waals surface area contributed by atoms with Crippen molar-refractivity contribution in [3.8, 4) is 35.3 Å². The molecule has 2 aliphatic carbocycles. The summed E-state index contributed by atoms with van der Waals surface area (Å²) in [6.07, 6.45) is 2.34. The van der Waals surface area contributed by atoms with Crippen molar-refractivity contribution < 1.29 is 41.0 Å². The number of aromatic nitrogens is 5. The minimum Gasteiger partial charge on any atom is -0.378 e. The Kier molecular flexibility index (Phi) is 10.5. The lowest BCUT2D eigenvalue weighted by atomic mass is 9.93. The third kappa shape index (κ3) is 8.12. The molecule has 2 aliphatic rings. The van der Waals surface area contributed by atoms with Crippen LogP contribution in [-0.4, -0.2) is 47.1 Å². The first-order chi connectivity index (χ1) is 27.3. The summed E-state index contributed by atoms with van der Waals surface area (Å²) in [7, 11) is 1.62. The maximum absolute atomic E-state index is 15.3. The quantitative estimate of drug-likeness (QED) is 0.0991. The Bertz CT molecular complexity index is 2570. The van der Waals surface area contributed by atoms with Crippen LogP contribution in [0.1, 0.15) is 85.4 Å². The van der Waals surface area contributed by atoms with Crippen LogP contribution in [0.25, 0.3) is 22.0 Å². The number of amides is 2. The van der Waals surface area contributed by atoms with Gasteiger partial charge in [-0.15, -0.1) is 6.42 Å². The second kappa shape index (κ2) is 15.2. The number of terminal acetylenes is 1. The number of aryl methyl sites for hydroxylation is 1. The Balaban J connectivity index is 1.38. The first-order valence-corrected chi connectivity index (χ1v) is 18.4. The Morgan fingerprint density at radius 3 is 2.40 bits per heavy atom. The van der Waals surface area contributed by atoms with Gasteiger partial charge in [0.2, 0.25) is 11.8 Å². The number of hydrogen-bond donors (Lipinski definition) is 3. The number of rotatable bonds is 10. The molecule has 17 heteroatoms. The molecular weight excluding hydrogens is 788 g/mol. The molecule has 1 fully saturated rings. The van der Waals surface area contributed by atoms with Crippen LogP contribution in [0, 0.1) is 41.7 Å². The fraction of sp³-hybridized carbons (Fsp3) is 0.341. The predicted molar refractivity (Wildman–Crippen MR) is 202 cm³/mol. The van der Waals surface area contributed by atoms with E-state index in [9.17, 15) is 32.3 Å². The zero-order valence-electron chi connectivity index (χ0n) is 31.1. The molecule has 300 valence electrons. The van der Waals surface area contributed by atoms with Gasteiger partial charge in [-0.05, 0) is 74.9 Å².